The number of hydrogen-bond acceptors (Lipinski definition) is 12. The second kappa shape index (κ2) is 13.7. The number of benzene rings is 3. The first-order valence-corrected chi connectivity index (χ1v) is 14.4. The molecule has 3 aromatic carbocycles. The fraction of sp³-hybridized carbons (Fsp3) is 0.324. The van der Waals surface area contributed by atoms with E-state index in [0.717, 1.165) is 0 Å². The predicted molar refractivity (Wildman–Crippen MR) is 169 cm³/mol. The van der Waals surface area contributed by atoms with E-state index in [1.165, 1.54) is 12.1 Å². The van der Waals surface area contributed by atoms with Gasteiger partial charge in [-0.2, -0.15) is 0 Å². The van der Waals surface area contributed by atoms with Crippen molar-refractivity contribution in [3.05, 3.63) is 60.7 Å². The molecule has 4 rings (SSSR count). The summed E-state index contributed by atoms with van der Waals surface area (Å²) < 4.78 is 26.8. The summed E-state index contributed by atoms with van der Waals surface area (Å²) >= 11 is 0. The predicted octanol–water partition coefficient (Wildman–Crippen LogP) is 5.73. The fourth-order valence-electron chi connectivity index (χ4n) is 4.09. The van der Waals surface area contributed by atoms with Crippen molar-refractivity contribution in [3.8, 4) is 62.9 Å². The van der Waals surface area contributed by atoms with Gasteiger partial charge in [0.2, 0.25) is 0 Å². The van der Waals surface area contributed by atoms with Gasteiger partial charge in [-0.05, 0) is 90.1 Å². The van der Waals surface area contributed by atoms with Crippen LogP contribution in [0.1, 0.15) is 41.5 Å². The molecule has 4 aromatic rings. The van der Waals surface area contributed by atoms with Crippen molar-refractivity contribution in [2.75, 3.05) is 20.3 Å². The summed E-state index contributed by atoms with van der Waals surface area (Å²) in [5, 5.41) is 21.9. The molecule has 0 aliphatic carbocycles. The fourth-order valence-corrected chi connectivity index (χ4v) is 4.09. The lowest BCUT2D eigenvalue weighted by Gasteiger charge is -2.19. The lowest BCUT2D eigenvalue weighted by atomic mass is 10.1. The van der Waals surface area contributed by atoms with E-state index in [4.69, 9.17) is 23.7 Å². The van der Waals surface area contributed by atoms with E-state index in [1.807, 2.05) is 0 Å². The molecule has 242 valence electrons. The number of phenols is 2. The van der Waals surface area contributed by atoms with Crippen LogP contribution in [-0.2, 0) is 19.1 Å². The average Bonchev–Trinajstić information content (AvgIpc) is 2.97. The minimum Gasteiger partial charge on any atom is -0.507 e. The van der Waals surface area contributed by atoms with Gasteiger partial charge in [-0.3, -0.25) is 0 Å². The first-order valence-electron chi connectivity index (χ1n) is 14.4. The Labute approximate surface area is 266 Å². The van der Waals surface area contributed by atoms with Gasteiger partial charge in [0.05, 0.1) is 18.2 Å². The molecule has 0 fully saturated rings. The highest BCUT2D eigenvalue weighted by molar-refractivity contribution is 5.74. The number of nitrogens with zero attached hydrogens (tertiary/aromatic N) is 3. The van der Waals surface area contributed by atoms with Crippen molar-refractivity contribution < 1.29 is 43.5 Å². The quantitative estimate of drug-likeness (QED) is 0.205. The highest BCUT2D eigenvalue weighted by Crippen LogP contribution is 2.36. The van der Waals surface area contributed by atoms with Crippen LogP contribution in [0.25, 0.3) is 34.2 Å². The number of ether oxygens (including phenoxy) is 5. The number of aromatic nitrogens is 3. The van der Waals surface area contributed by atoms with Crippen LogP contribution >= 0.6 is 0 Å². The molecule has 12 nitrogen and oxygen atoms in total. The lowest BCUT2D eigenvalue weighted by molar-refractivity contribution is -0.158. The third-order valence-corrected chi connectivity index (χ3v) is 5.96. The zero-order valence-electron chi connectivity index (χ0n) is 26.8. The Morgan fingerprint density at radius 2 is 1.00 bits per heavy atom. The van der Waals surface area contributed by atoms with Crippen molar-refractivity contribution in [3.63, 3.8) is 0 Å². The number of esters is 2. The molecule has 0 saturated carbocycles. The molecule has 0 aliphatic heterocycles. The van der Waals surface area contributed by atoms with Crippen LogP contribution in [0.4, 0.5) is 0 Å². The number of methoxy groups -OCH3 is 1. The van der Waals surface area contributed by atoms with Gasteiger partial charge < -0.3 is 33.9 Å². The Morgan fingerprint density at radius 3 is 1.37 bits per heavy atom. The molecule has 0 atom stereocenters. The van der Waals surface area contributed by atoms with Crippen LogP contribution in [0, 0.1) is 0 Å². The Hall–Kier alpha value is -5.39. The molecular weight excluding hydrogens is 594 g/mol. The summed E-state index contributed by atoms with van der Waals surface area (Å²) in [5.41, 5.74) is -0.197. The van der Waals surface area contributed by atoms with Gasteiger partial charge in [0, 0.05) is 17.7 Å². The third kappa shape index (κ3) is 9.31. The van der Waals surface area contributed by atoms with E-state index in [-0.39, 0.29) is 64.8 Å². The molecule has 0 unspecified atom stereocenters. The van der Waals surface area contributed by atoms with E-state index in [1.54, 1.807) is 97.2 Å². The molecule has 0 radical (unpaired) electrons. The van der Waals surface area contributed by atoms with Crippen molar-refractivity contribution >= 4 is 11.9 Å². The monoisotopic (exact) mass is 631 g/mol. The maximum absolute atomic E-state index is 12.1. The molecule has 0 spiro atoms. The molecule has 1 heterocycles. The van der Waals surface area contributed by atoms with Crippen molar-refractivity contribution in [2.45, 2.75) is 52.7 Å². The standard InChI is InChI=1S/C34H37N3O9/c1-33(2,3)45-28(40)18-43-22-12-14-24(26(38)16-22)31-35-30(20-8-10-21(42-7)11-9-20)36-32(37-31)25-15-13-23(17-27(25)39)44-19-29(41)46-34(4,5)6/h8-17,38-39H,18-19H2,1-7H3. The molecule has 46 heavy (non-hydrogen) atoms. The third-order valence-electron chi connectivity index (χ3n) is 5.96. The average molecular weight is 632 g/mol. The van der Waals surface area contributed by atoms with Crippen LogP contribution in [0.3, 0.4) is 0 Å². The molecule has 0 amide bonds. The Morgan fingerprint density at radius 1 is 0.609 bits per heavy atom. The molecular formula is C34H37N3O9. The van der Waals surface area contributed by atoms with Gasteiger partial charge in [0.1, 0.15) is 39.9 Å². The molecule has 1 aromatic heterocycles. The van der Waals surface area contributed by atoms with Gasteiger partial charge >= 0.3 is 11.9 Å². The van der Waals surface area contributed by atoms with Gasteiger partial charge in [0.25, 0.3) is 0 Å². The maximum Gasteiger partial charge on any atom is 0.344 e. The highest BCUT2D eigenvalue weighted by atomic mass is 16.6. The van der Waals surface area contributed by atoms with Crippen molar-refractivity contribution in [2.24, 2.45) is 0 Å². The molecule has 0 saturated heterocycles. The topological polar surface area (TPSA) is 159 Å². The Bertz CT molecular complexity index is 1610. The van der Waals surface area contributed by atoms with E-state index in [9.17, 15) is 19.8 Å². The van der Waals surface area contributed by atoms with Crippen LogP contribution in [0.15, 0.2) is 60.7 Å². The van der Waals surface area contributed by atoms with Gasteiger partial charge in [0.15, 0.2) is 30.7 Å². The minimum atomic E-state index is -0.660. The van der Waals surface area contributed by atoms with Gasteiger partial charge in [-0.25, -0.2) is 24.5 Å². The summed E-state index contributed by atoms with van der Waals surface area (Å²) in [7, 11) is 1.56. The molecule has 12 heteroatoms. The number of carbonyl (C=O) groups excluding carboxylic acids is 2. The Balaban J connectivity index is 1.66. The summed E-state index contributed by atoms with van der Waals surface area (Å²) in [6, 6.07) is 15.9. The van der Waals surface area contributed by atoms with Crippen molar-refractivity contribution in [1.29, 1.82) is 0 Å². The first-order chi connectivity index (χ1) is 21.6. The largest absolute Gasteiger partial charge is 0.507 e. The van der Waals surface area contributed by atoms with E-state index in [0.29, 0.717) is 11.3 Å². The summed E-state index contributed by atoms with van der Waals surface area (Å²) in [5.74, 6) is 0.0477. The molecule has 0 bridgehead atoms. The Kier molecular flexibility index (Phi) is 9.99. The summed E-state index contributed by atoms with van der Waals surface area (Å²) in [4.78, 5) is 37.8. The van der Waals surface area contributed by atoms with Crippen LogP contribution in [0.5, 0.6) is 28.7 Å². The number of hydrogen-bond donors (Lipinski definition) is 2. The second-order valence-electron chi connectivity index (χ2n) is 12.1. The zero-order chi connectivity index (χ0) is 33.6. The van der Waals surface area contributed by atoms with Gasteiger partial charge in [-0.15, -0.1) is 0 Å². The number of rotatable bonds is 10. The first kappa shape index (κ1) is 33.5. The van der Waals surface area contributed by atoms with E-state index < -0.39 is 23.1 Å². The molecule has 2 N–H and O–H groups in total. The van der Waals surface area contributed by atoms with Crippen molar-refractivity contribution in [1.82, 2.24) is 15.0 Å². The molecule has 0 aliphatic rings. The number of phenolic OH excluding ortho intramolecular Hbond substituents is 2. The van der Waals surface area contributed by atoms with E-state index in [2.05, 4.69) is 15.0 Å². The number of carbonyl (C=O) groups is 2. The minimum absolute atomic E-state index is 0.108. The lowest BCUT2D eigenvalue weighted by Crippen LogP contribution is -2.27. The zero-order valence-corrected chi connectivity index (χ0v) is 26.8. The maximum atomic E-state index is 12.1. The van der Waals surface area contributed by atoms with E-state index >= 15 is 0 Å². The summed E-state index contributed by atoms with van der Waals surface area (Å²) in [6.07, 6.45) is 0. The highest BCUT2D eigenvalue weighted by Gasteiger charge is 2.20. The SMILES string of the molecule is COc1ccc(-c2nc(-c3ccc(OCC(=O)OC(C)(C)C)cc3O)nc(-c3ccc(OCC(=O)OC(C)(C)C)cc3O)n2)cc1. The van der Waals surface area contributed by atoms with Crippen LogP contribution in [0.2, 0.25) is 0 Å². The summed E-state index contributed by atoms with van der Waals surface area (Å²) in [6.45, 7) is 9.83. The second-order valence-corrected chi connectivity index (χ2v) is 12.1. The smallest absolute Gasteiger partial charge is 0.344 e. The van der Waals surface area contributed by atoms with Crippen LogP contribution < -0.4 is 14.2 Å². The normalized spacial score (nSPS) is 11.5. The van der Waals surface area contributed by atoms with Gasteiger partial charge in [-0.1, -0.05) is 0 Å². The number of aromatic hydroxyl groups is 2. The van der Waals surface area contributed by atoms with Crippen LogP contribution in [-0.4, -0.2) is 68.6 Å².